The first-order valence-corrected chi connectivity index (χ1v) is 7.21. The number of hydrogen-bond donors (Lipinski definition) is 2. The number of amides is 1. The maximum Gasteiger partial charge on any atom is 0.239 e. The number of rotatable bonds is 4. The predicted molar refractivity (Wildman–Crippen MR) is 77.7 cm³/mol. The van der Waals surface area contributed by atoms with Crippen molar-refractivity contribution in [2.45, 2.75) is 31.7 Å². The number of nitrogens with zero attached hydrogens (tertiary/aromatic N) is 1. The monoisotopic (exact) mass is 321 g/mol. The smallest absolute Gasteiger partial charge is 0.239 e. The van der Waals surface area contributed by atoms with Crippen LogP contribution in [-0.4, -0.2) is 18.5 Å². The average Bonchev–Trinajstić information content (AvgIpc) is 2.89. The zero-order valence-corrected chi connectivity index (χ0v) is 12.2. The van der Waals surface area contributed by atoms with Gasteiger partial charge < -0.3 is 10.6 Å². The fourth-order valence-electron chi connectivity index (χ4n) is 2.28. The molecule has 5 heteroatoms. The minimum absolute atomic E-state index is 0.0178. The molecule has 0 aromatic heterocycles. The van der Waals surface area contributed by atoms with Crippen LogP contribution in [0.15, 0.2) is 22.7 Å². The van der Waals surface area contributed by atoms with E-state index in [2.05, 4.69) is 32.6 Å². The number of nitriles is 1. The molecule has 1 fully saturated rings. The molecule has 1 saturated carbocycles. The van der Waals surface area contributed by atoms with Crippen LogP contribution < -0.4 is 10.6 Å². The Morgan fingerprint density at radius 1 is 1.42 bits per heavy atom. The van der Waals surface area contributed by atoms with Gasteiger partial charge in [0.2, 0.25) is 5.91 Å². The van der Waals surface area contributed by atoms with Crippen molar-refractivity contribution in [2.24, 2.45) is 0 Å². The standard InChI is InChI=1S/C14H16BrN3O/c15-11-6-5-10(8-16)13(7-11)17-9-14(19)18-12-3-1-2-4-12/h5-7,12,17H,1-4,9H2,(H,18,19). The first-order valence-electron chi connectivity index (χ1n) is 6.42. The van der Waals surface area contributed by atoms with Gasteiger partial charge in [-0.25, -0.2) is 0 Å². The third kappa shape index (κ3) is 3.97. The minimum Gasteiger partial charge on any atom is -0.375 e. The van der Waals surface area contributed by atoms with Gasteiger partial charge in [-0.1, -0.05) is 28.8 Å². The van der Waals surface area contributed by atoms with Crippen molar-refractivity contribution in [3.8, 4) is 6.07 Å². The quantitative estimate of drug-likeness (QED) is 0.896. The maximum absolute atomic E-state index is 11.8. The highest BCUT2D eigenvalue weighted by Crippen LogP contribution is 2.21. The van der Waals surface area contributed by atoms with Crippen LogP contribution >= 0.6 is 15.9 Å². The summed E-state index contributed by atoms with van der Waals surface area (Å²) in [5.41, 5.74) is 1.22. The predicted octanol–water partition coefficient (Wildman–Crippen LogP) is 2.79. The van der Waals surface area contributed by atoms with E-state index in [1.165, 1.54) is 12.8 Å². The lowest BCUT2D eigenvalue weighted by molar-refractivity contribution is -0.120. The minimum atomic E-state index is -0.0178. The highest BCUT2D eigenvalue weighted by atomic mass is 79.9. The van der Waals surface area contributed by atoms with Crippen LogP contribution in [0.25, 0.3) is 0 Å². The molecule has 0 heterocycles. The highest BCUT2D eigenvalue weighted by molar-refractivity contribution is 9.10. The zero-order valence-electron chi connectivity index (χ0n) is 10.6. The van der Waals surface area contributed by atoms with Gasteiger partial charge in [0.1, 0.15) is 6.07 Å². The largest absolute Gasteiger partial charge is 0.375 e. The molecule has 2 N–H and O–H groups in total. The zero-order chi connectivity index (χ0) is 13.7. The van der Waals surface area contributed by atoms with Gasteiger partial charge in [0.05, 0.1) is 17.8 Å². The van der Waals surface area contributed by atoms with Crippen molar-refractivity contribution in [1.29, 1.82) is 5.26 Å². The van der Waals surface area contributed by atoms with E-state index >= 15 is 0 Å². The third-order valence-electron chi connectivity index (χ3n) is 3.26. The van der Waals surface area contributed by atoms with Crippen molar-refractivity contribution in [3.05, 3.63) is 28.2 Å². The summed E-state index contributed by atoms with van der Waals surface area (Å²) in [5.74, 6) is -0.0178. The molecular weight excluding hydrogens is 306 g/mol. The Hall–Kier alpha value is -1.54. The Morgan fingerprint density at radius 2 is 2.16 bits per heavy atom. The SMILES string of the molecule is N#Cc1ccc(Br)cc1NCC(=O)NC1CCCC1. The van der Waals surface area contributed by atoms with Gasteiger partial charge >= 0.3 is 0 Å². The Labute approximate surface area is 121 Å². The summed E-state index contributed by atoms with van der Waals surface area (Å²) in [7, 11) is 0. The molecule has 0 aliphatic heterocycles. The third-order valence-corrected chi connectivity index (χ3v) is 3.75. The summed E-state index contributed by atoms with van der Waals surface area (Å²) in [5, 5.41) is 15.0. The molecule has 1 aliphatic carbocycles. The number of benzene rings is 1. The Balaban J connectivity index is 1.89. The van der Waals surface area contributed by atoms with Crippen LogP contribution in [0.2, 0.25) is 0 Å². The molecule has 0 atom stereocenters. The topological polar surface area (TPSA) is 64.9 Å². The summed E-state index contributed by atoms with van der Waals surface area (Å²) in [6, 6.07) is 7.77. The molecule has 1 aliphatic rings. The summed E-state index contributed by atoms with van der Waals surface area (Å²) in [6.07, 6.45) is 4.54. The Bertz CT molecular complexity index is 504. The Kier molecular flexibility index (Phi) is 4.80. The normalized spacial score (nSPS) is 14.9. The van der Waals surface area contributed by atoms with Gasteiger partial charge in [-0.3, -0.25) is 4.79 Å². The van der Waals surface area contributed by atoms with Crippen molar-refractivity contribution in [2.75, 3.05) is 11.9 Å². The summed E-state index contributed by atoms with van der Waals surface area (Å²) in [6.45, 7) is 0.196. The number of carbonyl (C=O) groups is 1. The second-order valence-electron chi connectivity index (χ2n) is 4.70. The van der Waals surface area contributed by atoms with E-state index in [1.807, 2.05) is 6.07 Å². The first-order chi connectivity index (χ1) is 9.19. The molecule has 0 saturated heterocycles. The highest BCUT2D eigenvalue weighted by Gasteiger charge is 2.16. The maximum atomic E-state index is 11.8. The van der Waals surface area contributed by atoms with Gasteiger partial charge in [-0.2, -0.15) is 5.26 Å². The van der Waals surface area contributed by atoms with Crippen LogP contribution in [0, 0.1) is 11.3 Å². The van der Waals surface area contributed by atoms with E-state index < -0.39 is 0 Å². The lowest BCUT2D eigenvalue weighted by Crippen LogP contribution is -2.36. The molecule has 4 nitrogen and oxygen atoms in total. The number of hydrogen-bond acceptors (Lipinski definition) is 3. The first kappa shape index (κ1) is 13.9. The van der Waals surface area contributed by atoms with Crippen molar-refractivity contribution in [3.63, 3.8) is 0 Å². The molecule has 0 spiro atoms. The van der Waals surface area contributed by atoms with Gasteiger partial charge in [0, 0.05) is 10.5 Å². The van der Waals surface area contributed by atoms with Gasteiger partial charge in [-0.15, -0.1) is 0 Å². The van der Waals surface area contributed by atoms with E-state index in [0.29, 0.717) is 17.3 Å². The summed E-state index contributed by atoms with van der Waals surface area (Å²) in [4.78, 5) is 11.8. The van der Waals surface area contributed by atoms with Crippen LogP contribution in [0.5, 0.6) is 0 Å². The molecule has 100 valence electrons. The average molecular weight is 322 g/mol. The van der Waals surface area contributed by atoms with Crippen molar-refractivity contribution >= 4 is 27.5 Å². The van der Waals surface area contributed by atoms with Crippen LogP contribution in [0.1, 0.15) is 31.2 Å². The number of anilines is 1. The number of nitrogens with one attached hydrogen (secondary N) is 2. The lowest BCUT2D eigenvalue weighted by Gasteiger charge is -2.13. The fraction of sp³-hybridized carbons (Fsp3) is 0.429. The van der Waals surface area contributed by atoms with E-state index in [1.54, 1.807) is 12.1 Å². The summed E-state index contributed by atoms with van der Waals surface area (Å²) < 4.78 is 0.880. The Morgan fingerprint density at radius 3 is 2.84 bits per heavy atom. The van der Waals surface area contributed by atoms with Gasteiger partial charge in [0.15, 0.2) is 0 Å². The van der Waals surface area contributed by atoms with Gasteiger partial charge in [-0.05, 0) is 31.0 Å². The molecule has 2 rings (SSSR count). The van der Waals surface area contributed by atoms with Crippen LogP contribution in [-0.2, 0) is 4.79 Å². The van der Waals surface area contributed by atoms with Gasteiger partial charge in [0.25, 0.3) is 0 Å². The fourth-order valence-corrected chi connectivity index (χ4v) is 2.65. The molecule has 0 radical (unpaired) electrons. The molecular formula is C14H16BrN3O. The van der Waals surface area contributed by atoms with Crippen molar-refractivity contribution < 1.29 is 4.79 Å². The molecule has 1 amide bonds. The van der Waals surface area contributed by atoms with Crippen LogP contribution in [0.4, 0.5) is 5.69 Å². The van der Waals surface area contributed by atoms with E-state index in [-0.39, 0.29) is 12.5 Å². The lowest BCUT2D eigenvalue weighted by atomic mass is 10.2. The van der Waals surface area contributed by atoms with E-state index in [9.17, 15) is 4.79 Å². The second kappa shape index (κ2) is 6.58. The molecule has 0 unspecified atom stereocenters. The second-order valence-corrected chi connectivity index (χ2v) is 5.62. The van der Waals surface area contributed by atoms with Crippen molar-refractivity contribution in [1.82, 2.24) is 5.32 Å². The van der Waals surface area contributed by atoms with E-state index in [0.717, 1.165) is 17.3 Å². The molecule has 1 aromatic rings. The van der Waals surface area contributed by atoms with E-state index in [4.69, 9.17) is 5.26 Å². The molecule has 19 heavy (non-hydrogen) atoms. The van der Waals surface area contributed by atoms with Crippen LogP contribution in [0.3, 0.4) is 0 Å². The number of carbonyl (C=O) groups excluding carboxylic acids is 1. The molecule has 0 bridgehead atoms. The molecule has 1 aromatic carbocycles. The number of halogens is 1. The summed E-state index contributed by atoms with van der Waals surface area (Å²) >= 11 is 3.35.